The van der Waals surface area contributed by atoms with Crippen LogP contribution in [-0.4, -0.2) is 57.3 Å². The van der Waals surface area contributed by atoms with Crippen LogP contribution in [0.15, 0.2) is 35.4 Å². The largest absolute Gasteiger partial charge is 0.472 e. The smallest absolute Gasteiger partial charge is 0.257 e. The normalized spacial score (nSPS) is 16.6. The van der Waals surface area contributed by atoms with E-state index in [9.17, 15) is 9.59 Å². The average molecular weight is 344 g/mol. The Hall–Kier alpha value is -2.57. The maximum absolute atomic E-state index is 12.6. The molecule has 25 heavy (non-hydrogen) atoms. The molecule has 3 rings (SSSR count). The third-order valence-corrected chi connectivity index (χ3v) is 4.71. The van der Waals surface area contributed by atoms with E-state index < -0.39 is 0 Å². The summed E-state index contributed by atoms with van der Waals surface area (Å²) in [5, 5.41) is 0. The third-order valence-electron chi connectivity index (χ3n) is 4.71. The number of aryl methyl sites for hydroxylation is 1. The van der Waals surface area contributed by atoms with Crippen LogP contribution in [0.3, 0.4) is 0 Å². The summed E-state index contributed by atoms with van der Waals surface area (Å²) in [6, 6.07) is 1.74. The fraction of sp³-hybridized carbons (Fsp3) is 0.500. The molecule has 2 amide bonds. The quantitative estimate of drug-likeness (QED) is 0.852. The summed E-state index contributed by atoms with van der Waals surface area (Å²) < 4.78 is 7.00. The van der Waals surface area contributed by atoms with E-state index in [1.54, 1.807) is 17.2 Å². The predicted molar refractivity (Wildman–Crippen MR) is 92.1 cm³/mol. The highest BCUT2D eigenvalue weighted by molar-refractivity contribution is 5.93. The Kier molecular flexibility index (Phi) is 5.21. The topological polar surface area (TPSA) is 71.6 Å². The second-order valence-corrected chi connectivity index (χ2v) is 6.47. The van der Waals surface area contributed by atoms with E-state index in [1.165, 1.54) is 12.5 Å². The summed E-state index contributed by atoms with van der Waals surface area (Å²) in [6.07, 6.45) is 7.84. The van der Waals surface area contributed by atoms with Gasteiger partial charge >= 0.3 is 0 Å². The molecule has 0 radical (unpaired) electrons. The number of carbonyl (C=O) groups is 2. The first-order valence-electron chi connectivity index (χ1n) is 8.65. The number of nitrogens with zero attached hydrogens (tertiary/aromatic N) is 4. The molecule has 134 valence electrons. The van der Waals surface area contributed by atoms with Crippen molar-refractivity contribution in [3.63, 3.8) is 0 Å². The second kappa shape index (κ2) is 7.55. The van der Waals surface area contributed by atoms with Crippen molar-refractivity contribution in [1.29, 1.82) is 0 Å². The highest BCUT2D eigenvalue weighted by atomic mass is 16.3. The van der Waals surface area contributed by atoms with E-state index >= 15 is 0 Å². The molecular weight excluding hydrogens is 320 g/mol. The van der Waals surface area contributed by atoms with Crippen LogP contribution in [0.2, 0.25) is 0 Å². The van der Waals surface area contributed by atoms with E-state index in [4.69, 9.17) is 4.42 Å². The van der Waals surface area contributed by atoms with Crippen molar-refractivity contribution < 1.29 is 14.0 Å². The lowest BCUT2D eigenvalue weighted by Crippen LogP contribution is -2.37. The molecular formula is C18H24N4O3. The molecule has 7 nitrogen and oxygen atoms in total. The van der Waals surface area contributed by atoms with Crippen LogP contribution in [0.1, 0.15) is 42.0 Å². The van der Waals surface area contributed by atoms with Gasteiger partial charge < -0.3 is 18.8 Å². The minimum Gasteiger partial charge on any atom is -0.472 e. The number of hydrogen-bond acceptors (Lipinski definition) is 4. The van der Waals surface area contributed by atoms with Crippen LogP contribution in [0, 0.1) is 6.92 Å². The maximum atomic E-state index is 12.6. The van der Waals surface area contributed by atoms with Gasteiger partial charge in [0.2, 0.25) is 5.91 Å². The molecule has 1 aliphatic heterocycles. The number of amides is 2. The molecule has 1 unspecified atom stereocenters. The van der Waals surface area contributed by atoms with Crippen LogP contribution in [0.4, 0.5) is 0 Å². The summed E-state index contributed by atoms with van der Waals surface area (Å²) >= 11 is 0. The minimum atomic E-state index is -0.0366. The number of rotatable bonds is 4. The zero-order chi connectivity index (χ0) is 17.8. The molecule has 0 aliphatic carbocycles. The molecule has 3 heterocycles. The van der Waals surface area contributed by atoms with Gasteiger partial charge in [-0.05, 0) is 26.3 Å². The predicted octanol–water partition coefficient (Wildman–Crippen LogP) is 2.11. The van der Waals surface area contributed by atoms with Crippen LogP contribution in [0.5, 0.6) is 0 Å². The van der Waals surface area contributed by atoms with Crippen molar-refractivity contribution in [2.24, 2.45) is 0 Å². The number of imidazole rings is 1. The Labute approximate surface area is 147 Å². The lowest BCUT2D eigenvalue weighted by molar-refractivity contribution is -0.131. The Morgan fingerprint density at radius 1 is 1.24 bits per heavy atom. The Morgan fingerprint density at radius 2 is 2.00 bits per heavy atom. The van der Waals surface area contributed by atoms with Crippen molar-refractivity contribution in [2.75, 3.05) is 26.2 Å². The first-order valence-corrected chi connectivity index (χ1v) is 8.65. The van der Waals surface area contributed by atoms with E-state index in [-0.39, 0.29) is 17.9 Å². The molecule has 0 spiro atoms. The van der Waals surface area contributed by atoms with Crippen LogP contribution in [0.25, 0.3) is 0 Å². The van der Waals surface area contributed by atoms with Gasteiger partial charge in [0.1, 0.15) is 12.1 Å². The average Bonchev–Trinajstić information content (AvgIpc) is 3.20. The third kappa shape index (κ3) is 3.92. The monoisotopic (exact) mass is 344 g/mol. The van der Waals surface area contributed by atoms with E-state index in [1.807, 2.05) is 29.5 Å². The van der Waals surface area contributed by atoms with Gasteiger partial charge in [-0.2, -0.15) is 0 Å². The second-order valence-electron chi connectivity index (χ2n) is 6.47. The Balaban J connectivity index is 1.56. The number of hydrogen-bond donors (Lipinski definition) is 0. The molecule has 7 heteroatoms. The van der Waals surface area contributed by atoms with E-state index in [2.05, 4.69) is 4.98 Å². The molecule has 1 fully saturated rings. The molecule has 0 saturated carbocycles. The van der Waals surface area contributed by atoms with Crippen LogP contribution >= 0.6 is 0 Å². The van der Waals surface area contributed by atoms with Crippen molar-refractivity contribution in [3.05, 3.63) is 42.4 Å². The minimum absolute atomic E-state index is 0.0366. The van der Waals surface area contributed by atoms with Crippen molar-refractivity contribution in [1.82, 2.24) is 19.4 Å². The van der Waals surface area contributed by atoms with Gasteiger partial charge in [-0.3, -0.25) is 9.59 Å². The van der Waals surface area contributed by atoms with Gasteiger partial charge in [0.25, 0.3) is 5.91 Å². The van der Waals surface area contributed by atoms with E-state index in [0.29, 0.717) is 38.2 Å². The van der Waals surface area contributed by atoms with Crippen molar-refractivity contribution in [2.45, 2.75) is 32.7 Å². The summed E-state index contributed by atoms with van der Waals surface area (Å²) in [6.45, 7) is 6.42. The van der Waals surface area contributed by atoms with Crippen LogP contribution < -0.4 is 0 Å². The number of aromatic nitrogens is 2. The standard InChI is InChI=1S/C18H24N4O3/c1-14(22-8-5-19-15(22)2)12-17(23)20-6-3-7-21(10-9-20)18(24)16-4-11-25-13-16/h4-5,8,11,13-14H,3,6-7,9-10,12H2,1-2H3. The summed E-state index contributed by atoms with van der Waals surface area (Å²) in [7, 11) is 0. The Morgan fingerprint density at radius 3 is 2.68 bits per heavy atom. The molecule has 1 saturated heterocycles. The molecule has 2 aromatic rings. The molecule has 1 atom stereocenters. The molecule has 2 aromatic heterocycles. The summed E-state index contributed by atoms with van der Waals surface area (Å²) in [4.78, 5) is 32.9. The van der Waals surface area contributed by atoms with Gasteiger partial charge in [-0.15, -0.1) is 0 Å². The van der Waals surface area contributed by atoms with Gasteiger partial charge in [0, 0.05) is 51.0 Å². The SMILES string of the molecule is Cc1nccn1C(C)CC(=O)N1CCCN(C(=O)c2ccoc2)CC1. The molecule has 1 aliphatic rings. The first-order chi connectivity index (χ1) is 12.1. The van der Waals surface area contributed by atoms with Gasteiger partial charge in [-0.25, -0.2) is 4.98 Å². The number of furan rings is 1. The summed E-state index contributed by atoms with van der Waals surface area (Å²) in [5.41, 5.74) is 0.559. The number of carbonyl (C=O) groups excluding carboxylic acids is 2. The van der Waals surface area contributed by atoms with E-state index in [0.717, 1.165) is 12.2 Å². The highest BCUT2D eigenvalue weighted by Gasteiger charge is 2.24. The van der Waals surface area contributed by atoms with Crippen molar-refractivity contribution >= 4 is 11.8 Å². The Bertz CT molecular complexity index is 723. The first kappa shape index (κ1) is 17.3. The fourth-order valence-corrected chi connectivity index (χ4v) is 3.27. The molecule has 0 N–H and O–H groups in total. The fourth-order valence-electron chi connectivity index (χ4n) is 3.27. The zero-order valence-electron chi connectivity index (χ0n) is 14.7. The van der Waals surface area contributed by atoms with Crippen LogP contribution in [-0.2, 0) is 4.79 Å². The lowest BCUT2D eigenvalue weighted by atomic mass is 10.2. The summed E-state index contributed by atoms with van der Waals surface area (Å²) in [5.74, 6) is 0.997. The highest BCUT2D eigenvalue weighted by Crippen LogP contribution is 2.16. The van der Waals surface area contributed by atoms with Gasteiger partial charge in [0.15, 0.2) is 0 Å². The maximum Gasteiger partial charge on any atom is 0.257 e. The molecule has 0 aromatic carbocycles. The lowest BCUT2D eigenvalue weighted by Gasteiger charge is -2.24. The van der Waals surface area contributed by atoms with Gasteiger partial charge in [-0.1, -0.05) is 0 Å². The zero-order valence-corrected chi connectivity index (χ0v) is 14.7. The van der Waals surface area contributed by atoms with Gasteiger partial charge in [0.05, 0.1) is 11.8 Å². The van der Waals surface area contributed by atoms with Crippen molar-refractivity contribution in [3.8, 4) is 0 Å². The molecule has 0 bridgehead atoms.